The number of nitrogens with one attached hydrogen (secondary N) is 2. The molecule has 2 aromatic heterocycles. The summed E-state index contributed by atoms with van der Waals surface area (Å²) in [4.78, 5) is 14.1. The maximum absolute atomic E-state index is 13.0. The van der Waals surface area contributed by atoms with Gasteiger partial charge in [-0.2, -0.15) is 0 Å². The molecule has 4 bridgehead atoms. The lowest BCUT2D eigenvalue weighted by Gasteiger charge is -2.56. The molecule has 0 aliphatic heterocycles. The fourth-order valence-electron chi connectivity index (χ4n) is 6.34. The third-order valence-electron chi connectivity index (χ3n) is 6.86. The molecule has 0 aromatic carbocycles. The molecule has 0 unspecified atom stereocenters. The van der Waals surface area contributed by atoms with Gasteiger partial charge < -0.3 is 19.1 Å². The van der Waals surface area contributed by atoms with E-state index in [4.69, 9.17) is 8.83 Å². The molecule has 144 valence electrons. The zero-order chi connectivity index (χ0) is 18.3. The molecule has 5 heteroatoms. The summed E-state index contributed by atoms with van der Waals surface area (Å²) in [5, 5.41) is 3.49. The predicted octanol–water partition coefficient (Wildman–Crippen LogP) is 2.54. The largest absolute Gasteiger partial charge is 0.463 e. The van der Waals surface area contributed by atoms with Gasteiger partial charge in [-0.25, -0.2) is 0 Å². The monoisotopic (exact) mass is 369 g/mol. The zero-order valence-electron chi connectivity index (χ0n) is 15.8. The minimum atomic E-state index is 0.0757. The summed E-state index contributed by atoms with van der Waals surface area (Å²) in [6.45, 7) is 1.81. The van der Waals surface area contributed by atoms with Crippen molar-refractivity contribution in [2.24, 2.45) is 17.8 Å². The summed E-state index contributed by atoms with van der Waals surface area (Å²) >= 11 is 0. The Balaban J connectivity index is 1.25. The molecular formula is C22H29N2O3+. The first-order valence-corrected chi connectivity index (χ1v) is 10.4. The van der Waals surface area contributed by atoms with Crippen LogP contribution in [0.15, 0.2) is 45.6 Å². The Morgan fingerprint density at radius 2 is 1.48 bits per heavy atom. The molecule has 4 aliphatic carbocycles. The first-order valence-electron chi connectivity index (χ1n) is 10.4. The van der Waals surface area contributed by atoms with Gasteiger partial charge in [0.15, 0.2) is 18.1 Å². The summed E-state index contributed by atoms with van der Waals surface area (Å²) in [6.07, 6.45) is 11.1. The molecule has 4 aliphatic rings. The van der Waals surface area contributed by atoms with Crippen LogP contribution in [0.3, 0.4) is 0 Å². The Hall–Kier alpha value is -2.01. The molecule has 2 heterocycles. The Labute approximate surface area is 160 Å². The molecule has 2 aromatic rings. The molecule has 6 rings (SSSR count). The Morgan fingerprint density at radius 3 is 1.93 bits per heavy atom. The third kappa shape index (κ3) is 3.70. The summed E-state index contributed by atoms with van der Waals surface area (Å²) < 4.78 is 11.0. The highest BCUT2D eigenvalue weighted by Gasteiger charge is 2.51. The highest BCUT2D eigenvalue weighted by Crippen LogP contribution is 2.55. The average molecular weight is 369 g/mol. The second-order valence-electron chi connectivity index (χ2n) is 9.19. The summed E-state index contributed by atoms with van der Waals surface area (Å²) in [5.41, 5.74) is 0.0757. The van der Waals surface area contributed by atoms with Crippen molar-refractivity contribution in [3.63, 3.8) is 0 Å². The van der Waals surface area contributed by atoms with E-state index in [1.54, 1.807) is 12.5 Å². The minimum absolute atomic E-state index is 0.0757. The third-order valence-corrected chi connectivity index (χ3v) is 6.86. The van der Waals surface area contributed by atoms with E-state index in [-0.39, 0.29) is 11.4 Å². The lowest BCUT2D eigenvalue weighted by molar-refractivity contribution is -0.921. The number of carbonyl (C=O) groups excluding carboxylic acids is 1. The van der Waals surface area contributed by atoms with Crippen LogP contribution in [0.2, 0.25) is 0 Å². The number of furan rings is 2. The maximum Gasteiger partial charge on any atom is 0.275 e. The quantitative estimate of drug-likeness (QED) is 0.789. The van der Waals surface area contributed by atoms with E-state index < -0.39 is 0 Å². The standard InChI is InChI=1S/C22H28N2O3/c25-21(23-22-10-16-7-17(11-22)9-18(8-16)12-22)15-24(13-19-3-1-5-26-19)14-20-4-2-6-27-20/h1-6,16-18H,7-15H2,(H,23,25)/p+1. The molecule has 2 N–H and O–H groups in total. The normalized spacial score (nSPS) is 31.5. The molecular weight excluding hydrogens is 340 g/mol. The van der Waals surface area contributed by atoms with E-state index in [1.807, 2.05) is 24.3 Å². The van der Waals surface area contributed by atoms with Gasteiger partial charge in [0.25, 0.3) is 5.91 Å². The number of hydrogen-bond acceptors (Lipinski definition) is 3. The van der Waals surface area contributed by atoms with Crippen molar-refractivity contribution in [3.05, 3.63) is 48.3 Å². The van der Waals surface area contributed by atoms with Gasteiger partial charge in [0.05, 0.1) is 12.5 Å². The molecule has 4 fully saturated rings. The molecule has 0 atom stereocenters. The van der Waals surface area contributed by atoms with Gasteiger partial charge in [0.2, 0.25) is 0 Å². The van der Waals surface area contributed by atoms with Gasteiger partial charge >= 0.3 is 0 Å². The molecule has 0 radical (unpaired) electrons. The molecule has 1 amide bonds. The van der Waals surface area contributed by atoms with Gasteiger partial charge in [0.1, 0.15) is 13.1 Å². The van der Waals surface area contributed by atoms with Gasteiger partial charge in [-0.3, -0.25) is 4.79 Å². The zero-order valence-corrected chi connectivity index (χ0v) is 15.8. The van der Waals surface area contributed by atoms with Gasteiger partial charge in [-0.15, -0.1) is 0 Å². The van der Waals surface area contributed by atoms with E-state index in [1.165, 1.54) is 38.5 Å². The lowest BCUT2D eigenvalue weighted by atomic mass is 9.53. The second kappa shape index (κ2) is 6.86. The number of quaternary nitrogens is 1. The topological polar surface area (TPSA) is 59.8 Å². The fraction of sp³-hybridized carbons (Fsp3) is 0.591. The van der Waals surface area contributed by atoms with Crippen LogP contribution in [0.5, 0.6) is 0 Å². The molecule has 27 heavy (non-hydrogen) atoms. The van der Waals surface area contributed by atoms with Crippen LogP contribution in [-0.4, -0.2) is 18.0 Å². The van der Waals surface area contributed by atoms with Crippen molar-refractivity contribution >= 4 is 5.91 Å². The Bertz CT molecular complexity index is 694. The van der Waals surface area contributed by atoms with Crippen LogP contribution in [0.4, 0.5) is 0 Å². The van der Waals surface area contributed by atoms with Gasteiger partial charge in [0, 0.05) is 5.54 Å². The molecule has 0 spiro atoms. The van der Waals surface area contributed by atoms with E-state index in [0.29, 0.717) is 19.6 Å². The van der Waals surface area contributed by atoms with Crippen molar-refractivity contribution in [2.45, 2.75) is 57.2 Å². The summed E-state index contributed by atoms with van der Waals surface area (Å²) in [7, 11) is 0. The Kier molecular flexibility index (Phi) is 4.35. The van der Waals surface area contributed by atoms with Crippen LogP contribution in [0, 0.1) is 17.8 Å². The van der Waals surface area contributed by atoms with Crippen molar-refractivity contribution < 1.29 is 18.5 Å². The fourth-order valence-corrected chi connectivity index (χ4v) is 6.34. The number of carbonyl (C=O) groups is 1. The molecule has 4 saturated carbocycles. The smallest absolute Gasteiger partial charge is 0.275 e. The van der Waals surface area contributed by atoms with Crippen molar-refractivity contribution in [3.8, 4) is 0 Å². The van der Waals surface area contributed by atoms with Crippen LogP contribution in [0.1, 0.15) is 50.0 Å². The predicted molar refractivity (Wildman–Crippen MR) is 99.7 cm³/mol. The average Bonchev–Trinajstić information content (AvgIpc) is 3.26. The summed E-state index contributed by atoms with van der Waals surface area (Å²) in [5.74, 6) is 4.49. The SMILES string of the molecule is O=C(C[NH+](Cc1ccco1)Cc1ccco1)NC12CC3CC(CC(C3)C1)C2. The first-order chi connectivity index (χ1) is 13.2. The first kappa shape index (κ1) is 17.1. The van der Waals surface area contributed by atoms with Gasteiger partial charge in [-0.05, 0) is 80.5 Å². The second-order valence-corrected chi connectivity index (χ2v) is 9.19. The van der Waals surface area contributed by atoms with Gasteiger partial charge in [-0.1, -0.05) is 0 Å². The van der Waals surface area contributed by atoms with E-state index in [2.05, 4.69) is 5.32 Å². The molecule has 0 saturated heterocycles. The number of rotatable bonds is 7. The van der Waals surface area contributed by atoms with Crippen LogP contribution < -0.4 is 10.2 Å². The molecule has 5 nitrogen and oxygen atoms in total. The lowest BCUT2D eigenvalue weighted by Crippen LogP contribution is -3.10. The van der Waals surface area contributed by atoms with Crippen molar-refractivity contribution in [1.82, 2.24) is 5.32 Å². The summed E-state index contributed by atoms with van der Waals surface area (Å²) in [6, 6.07) is 7.74. The minimum Gasteiger partial charge on any atom is -0.463 e. The number of amides is 1. The van der Waals surface area contributed by atoms with Crippen molar-refractivity contribution in [1.29, 1.82) is 0 Å². The van der Waals surface area contributed by atoms with E-state index in [9.17, 15) is 4.79 Å². The maximum atomic E-state index is 13.0. The van der Waals surface area contributed by atoms with Crippen LogP contribution >= 0.6 is 0 Å². The Morgan fingerprint density at radius 1 is 0.963 bits per heavy atom. The van der Waals surface area contributed by atoms with E-state index >= 15 is 0 Å². The van der Waals surface area contributed by atoms with Crippen LogP contribution in [-0.2, 0) is 17.9 Å². The highest BCUT2D eigenvalue weighted by molar-refractivity contribution is 5.77. The van der Waals surface area contributed by atoms with Crippen LogP contribution in [0.25, 0.3) is 0 Å². The number of hydrogen-bond donors (Lipinski definition) is 2. The highest BCUT2D eigenvalue weighted by atomic mass is 16.3. The van der Waals surface area contributed by atoms with E-state index in [0.717, 1.165) is 34.2 Å². The van der Waals surface area contributed by atoms with Crippen molar-refractivity contribution in [2.75, 3.05) is 6.54 Å².